The molecule has 0 unspecified atom stereocenters. The summed E-state index contributed by atoms with van der Waals surface area (Å²) in [6.07, 6.45) is 1.62. The number of aryl methyl sites for hydroxylation is 1. The highest BCUT2D eigenvalue weighted by atomic mass is 35.5. The Hall–Kier alpha value is -2.02. The normalized spacial score (nSPS) is 10.9. The summed E-state index contributed by atoms with van der Waals surface area (Å²) >= 11 is 13.8. The molecule has 1 amide bonds. The number of hydrogen-bond acceptors (Lipinski definition) is 4. The number of amides is 1. The number of nitrogens with zero attached hydrogens (tertiary/aromatic N) is 4. The number of benzene rings is 2. The molecule has 1 heterocycles. The fraction of sp³-hybridized carbons (Fsp3) is 0.250. The molecule has 28 heavy (non-hydrogen) atoms. The highest BCUT2D eigenvalue weighted by Gasteiger charge is 2.16. The number of thioether (sulfide) groups is 1. The minimum Gasteiger partial charge on any atom is -0.338 e. The molecule has 0 N–H and O–H groups in total. The largest absolute Gasteiger partial charge is 0.338 e. The number of carbonyl (C=O) groups excluding carboxylic acids is 1. The van der Waals surface area contributed by atoms with Crippen molar-refractivity contribution in [2.75, 3.05) is 12.3 Å². The second-order valence-corrected chi connectivity index (χ2v) is 7.96. The van der Waals surface area contributed by atoms with Crippen LogP contribution in [0.4, 0.5) is 0 Å². The lowest BCUT2D eigenvalue weighted by Gasteiger charge is -2.21. The van der Waals surface area contributed by atoms with Crippen LogP contribution in [0.1, 0.15) is 18.1 Å². The molecular weight excluding hydrogens is 415 g/mol. The van der Waals surface area contributed by atoms with Crippen molar-refractivity contribution < 1.29 is 4.79 Å². The van der Waals surface area contributed by atoms with Crippen LogP contribution in [-0.4, -0.2) is 37.9 Å². The Labute approximate surface area is 178 Å². The second-order valence-electron chi connectivity index (χ2n) is 6.21. The third kappa shape index (κ3) is 4.87. The van der Waals surface area contributed by atoms with E-state index in [0.717, 1.165) is 16.8 Å². The molecule has 0 atom stereocenters. The average Bonchev–Trinajstić information content (AvgIpc) is 3.16. The lowest BCUT2D eigenvalue weighted by molar-refractivity contribution is -0.128. The maximum atomic E-state index is 12.7. The number of rotatable bonds is 7. The quantitative estimate of drug-likeness (QED) is 0.489. The van der Waals surface area contributed by atoms with Gasteiger partial charge in [-0.25, -0.2) is 0 Å². The van der Waals surface area contributed by atoms with Crippen molar-refractivity contribution in [3.8, 4) is 5.69 Å². The van der Waals surface area contributed by atoms with Crippen molar-refractivity contribution >= 4 is 40.9 Å². The van der Waals surface area contributed by atoms with Gasteiger partial charge >= 0.3 is 0 Å². The van der Waals surface area contributed by atoms with Crippen LogP contribution in [0.2, 0.25) is 10.0 Å². The zero-order chi connectivity index (χ0) is 20.1. The van der Waals surface area contributed by atoms with Crippen LogP contribution in [0.5, 0.6) is 0 Å². The van der Waals surface area contributed by atoms with Crippen LogP contribution >= 0.6 is 35.0 Å². The number of carbonyl (C=O) groups is 1. The van der Waals surface area contributed by atoms with Crippen molar-refractivity contribution in [1.82, 2.24) is 19.7 Å². The fourth-order valence-corrected chi connectivity index (χ4v) is 3.86. The molecule has 0 saturated carbocycles. The van der Waals surface area contributed by atoms with E-state index in [1.807, 2.05) is 60.9 Å². The van der Waals surface area contributed by atoms with Gasteiger partial charge in [0, 0.05) is 23.1 Å². The van der Waals surface area contributed by atoms with E-state index in [4.69, 9.17) is 23.2 Å². The highest BCUT2D eigenvalue weighted by molar-refractivity contribution is 7.99. The molecule has 0 saturated heterocycles. The first-order valence-corrected chi connectivity index (χ1v) is 10.5. The van der Waals surface area contributed by atoms with E-state index in [9.17, 15) is 4.79 Å². The molecular formula is C20H20Cl2N4OS. The molecule has 2 aromatic carbocycles. The van der Waals surface area contributed by atoms with Crippen molar-refractivity contribution in [2.24, 2.45) is 0 Å². The minimum absolute atomic E-state index is 0.0175. The first-order valence-electron chi connectivity index (χ1n) is 8.80. The van der Waals surface area contributed by atoms with Gasteiger partial charge in [-0.1, -0.05) is 59.2 Å². The molecule has 0 aliphatic heterocycles. The van der Waals surface area contributed by atoms with Gasteiger partial charge in [0.1, 0.15) is 6.33 Å². The van der Waals surface area contributed by atoms with Gasteiger partial charge in [0.2, 0.25) is 5.91 Å². The molecule has 0 radical (unpaired) electrons. The summed E-state index contributed by atoms with van der Waals surface area (Å²) in [6.45, 7) is 4.99. The van der Waals surface area contributed by atoms with Crippen LogP contribution in [0.25, 0.3) is 5.69 Å². The van der Waals surface area contributed by atoms with Gasteiger partial charge in [-0.05, 0) is 43.2 Å². The first-order chi connectivity index (χ1) is 13.5. The SMILES string of the molecule is CCN(Cc1ccccc1Cl)C(=O)CSc1nncn1-c1ccc(C)c(Cl)c1. The number of hydrogen-bond donors (Lipinski definition) is 0. The van der Waals surface area contributed by atoms with Crippen molar-refractivity contribution in [3.63, 3.8) is 0 Å². The zero-order valence-corrected chi connectivity index (χ0v) is 17.9. The summed E-state index contributed by atoms with van der Waals surface area (Å²) in [6, 6.07) is 13.3. The van der Waals surface area contributed by atoms with E-state index in [2.05, 4.69) is 10.2 Å². The molecule has 8 heteroatoms. The summed E-state index contributed by atoms with van der Waals surface area (Å²) < 4.78 is 1.83. The Kier molecular flexibility index (Phi) is 6.99. The van der Waals surface area contributed by atoms with E-state index in [-0.39, 0.29) is 11.7 Å². The molecule has 3 aromatic rings. The van der Waals surface area contributed by atoms with Crippen LogP contribution in [0.3, 0.4) is 0 Å². The van der Waals surface area contributed by atoms with E-state index in [0.29, 0.717) is 28.3 Å². The molecule has 0 aliphatic carbocycles. The van der Waals surface area contributed by atoms with Gasteiger partial charge in [0.15, 0.2) is 5.16 Å². The van der Waals surface area contributed by atoms with Crippen molar-refractivity contribution in [2.45, 2.75) is 25.5 Å². The molecule has 0 aliphatic rings. The van der Waals surface area contributed by atoms with E-state index >= 15 is 0 Å². The monoisotopic (exact) mass is 434 g/mol. The van der Waals surface area contributed by atoms with Gasteiger partial charge in [-0.15, -0.1) is 10.2 Å². The van der Waals surface area contributed by atoms with Gasteiger partial charge < -0.3 is 4.90 Å². The summed E-state index contributed by atoms with van der Waals surface area (Å²) in [7, 11) is 0. The summed E-state index contributed by atoms with van der Waals surface area (Å²) in [5.41, 5.74) is 2.79. The summed E-state index contributed by atoms with van der Waals surface area (Å²) in [5.74, 6) is 0.278. The predicted octanol–water partition coefficient (Wildman–Crippen LogP) is 5.02. The fourth-order valence-electron chi connectivity index (χ4n) is 2.66. The second kappa shape index (κ2) is 9.45. The summed E-state index contributed by atoms with van der Waals surface area (Å²) in [4.78, 5) is 14.5. The Morgan fingerprint density at radius 2 is 1.96 bits per heavy atom. The molecule has 5 nitrogen and oxygen atoms in total. The number of aromatic nitrogens is 3. The smallest absolute Gasteiger partial charge is 0.233 e. The molecule has 146 valence electrons. The zero-order valence-electron chi connectivity index (χ0n) is 15.6. The standard InChI is InChI=1S/C20H20Cl2N4OS/c1-3-25(11-15-6-4-5-7-17(15)21)19(27)12-28-20-24-23-13-26(20)16-9-8-14(2)18(22)10-16/h4-10,13H,3,11-12H2,1-2H3. The Balaban J connectivity index is 1.68. The van der Waals surface area contributed by atoms with E-state index in [1.54, 1.807) is 11.2 Å². The first kappa shape index (κ1) is 20.7. The van der Waals surface area contributed by atoms with Gasteiger partial charge in [0.25, 0.3) is 0 Å². The van der Waals surface area contributed by atoms with Gasteiger partial charge in [0.05, 0.1) is 11.4 Å². The Bertz CT molecular complexity index is 976. The third-order valence-corrected chi connectivity index (χ3v) is 6.03. The third-order valence-electron chi connectivity index (χ3n) is 4.33. The highest BCUT2D eigenvalue weighted by Crippen LogP contribution is 2.24. The van der Waals surface area contributed by atoms with E-state index < -0.39 is 0 Å². The Morgan fingerprint density at radius 3 is 2.68 bits per heavy atom. The topological polar surface area (TPSA) is 51.0 Å². The van der Waals surface area contributed by atoms with Crippen LogP contribution in [0.15, 0.2) is 53.9 Å². The van der Waals surface area contributed by atoms with Crippen molar-refractivity contribution in [1.29, 1.82) is 0 Å². The van der Waals surface area contributed by atoms with Gasteiger partial charge in [-0.2, -0.15) is 0 Å². The lowest BCUT2D eigenvalue weighted by Crippen LogP contribution is -2.31. The summed E-state index contributed by atoms with van der Waals surface area (Å²) in [5, 5.41) is 10.1. The minimum atomic E-state index is 0.0175. The molecule has 0 bridgehead atoms. The molecule has 0 fully saturated rings. The predicted molar refractivity (Wildman–Crippen MR) is 114 cm³/mol. The molecule has 0 spiro atoms. The van der Waals surface area contributed by atoms with E-state index in [1.165, 1.54) is 11.8 Å². The average molecular weight is 435 g/mol. The lowest BCUT2D eigenvalue weighted by atomic mass is 10.2. The van der Waals surface area contributed by atoms with Crippen LogP contribution in [-0.2, 0) is 11.3 Å². The van der Waals surface area contributed by atoms with Gasteiger partial charge in [-0.3, -0.25) is 9.36 Å². The molecule has 3 rings (SSSR count). The maximum absolute atomic E-state index is 12.7. The Morgan fingerprint density at radius 1 is 1.18 bits per heavy atom. The van der Waals surface area contributed by atoms with Crippen molar-refractivity contribution in [3.05, 3.63) is 70.0 Å². The molecule has 1 aromatic heterocycles. The number of halogens is 2. The van der Waals surface area contributed by atoms with Crippen LogP contribution in [0, 0.1) is 6.92 Å². The van der Waals surface area contributed by atoms with Crippen LogP contribution < -0.4 is 0 Å². The maximum Gasteiger partial charge on any atom is 0.233 e.